The number of fused-ring (bicyclic) bond motifs is 1. The molecule has 5 aromatic rings. The number of anilines is 2. The van der Waals surface area contributed by atoms with E-state index >= 15 is 0 Å². The van der Waals surface area contributed by atoms with Crippen LogP contribution in [-0.2, 0) is 6.54 Å². The van der Waals surface area contributed by atoms with Gasteiger partial charge in [0.05, 0.1) is 5.56 Å². The molecule has 0 saturated carbocycles. The zero-order chi connectivity index (χ0) is 28.3. The number of piperidine rings is 1. The first-order valence-corrected chi connectivity index (χ1v) is 13.0. The third kappa shape index (κ3) is 5.24. The second-order valence-corrected chi connectivity index (χ2v) is 9.73. The Hall–Kier alpha value is -5.46. The number of nitrogens with one attached hydrogen (secondary N) is 1. The number of aromatic nitrogens is 6. The van der Waals surface area contributed by atoms with Crippen molar-refractivity contribution in [3.05, 3.63) is 83.8 Å². The van der Waals surface area contributed by atoms with Crippen molar-refractivity contribution in [2.75, 3.05) is 24.1 Å². The Morgan fingerprint density at radius 3 is 2.51 bits per heavy atom. The van der Waals surface area contributed by atoms with E-state index in [9.17, 15) is 9.65 Å². The van der Waals surface area contributed by atoms with Crippen LogP contribution in [-0.4, -0.2) is 53.5 Å². The van der Waals surface area contributed by atoms with Gasteiger partial charge in [-0.15, -0.1) is 0 Å². The first-order valence-electron chi connectivity index (χ1n) is 13.0. The summed E-state index contributed by atoms with van der Waals surface area (Å²) in [6, 6.07) is 18.7. The van der Waals surface area contributed by atoms with E-state index in [-0.39, 0.29) is 28.9 Å². The number of rotatable bonds is 6. The van der Waals surface area contributed by atoms with Gasteiger partial charge in [-0.1, -0.05) is 12.1 Å². The maximum Gasteiger partial charge on any atom is 0.234 e. The molecule has 0 radical (unpaired) electrons. The molecule has 0 unspecified atom stereocenters. The second-order valence-electron chi connectivity index (χ2n) is 9.73. The molecule has 1 fully saturated rings. The number of nitriles is 2. The molecule has 0 aliphatic carbocycles. The average Bonchev–Trinajstić information content (AvgIpc) is 3.36. The number of likely N-dealkylation sites (tertiary alicyclic amines) is 1. The maximum atomic E-state index is 14.6. The molecule has 41 heavy (non-hydrogen) atoms. The molecule has 6 rings (SSSR count). The fraction of sp³-hybridized carbons (Fsp3) is 0.207. The van der Waals surface area contributed by atoms with Crippen LogP contribution in [0.25, 0.3) is 28.2 Å². The number of hydrogen-bond donors (Lipinski definition) is 2. The number of hydrogen-bond acceptors (Lipinski definition) is 10. The number of nitrogen functional groups attached to an aromatic ring is 1. The molecule has 0 atom stereocenters. The predicted octanol–water partition coefficient (Wildman–Crippen LogP) is 3.81. The Labute approximate surface area is 234 Å². The largest absolute Gasteiger partial charge is 0.383 e. The number of benzene rings is 1. The van der Waals surface area contributed by atoms with Gasteiger partial charge in [-0.05, 0) is 54.8 Å². The fourth-order valence-corrected chi connectivity index (χ4v) is 5.04. The van der Waals surface area contributed by atoms with Crippen molar-refractivity contribution in [3.8, 4) is 29.2 Å². The van der Waals surface area contributed by atoms with E-state index in [2.05, 4.69) is 35.1 Å². The minimum atomic E-state index is -0.855. The van der Waals surface area contributed by atoms with Crippen LogP contribution < -0.4 is 11.1 Å². The van der Waals surface area contributed by atoms with E-state index in [1.807, 2.05) is 36.4 Å². The average molecular weight is 546 g/mol. The summed E-state index contributed by atoms with van der Waals surface area (Å²) < 4.78 is 16.3. The summed E-state index contributed by atoms with van der Waals surface area (Å²) in [6.07, 6.45) is 5.07. The lowest BCUT2D eigenvalue weighted by Gasteiger charge is -2.32. The van der Waals surface area contributed by atoms with Crippen molar-refractivity contribution in [1.82, 2.24) is 34.4 Å². The topological polar surface area (TPSA) is 158 Å². The lowest BCUT2D eigenvalue weighted by molar-refractivity contribution is 0.211. The van der Waals surface area contributed by atoms with E-state index in [1.165, 1.54) is 6.07 Å². The van der Waals surface area contributed by atoms with Crippen molar-refractivity contribution in [1.29, 1.82) is 10.5 Å². The molecule has 0 bridgehead atoms. The molecule has 202 valence electrons. The van der Waals surface area contributed by atoms with Crippen LogP contribution >= 0.6 is 0 Å². The molecule has 0 amide bonds. The van der Waals surface area contributed by atoms with Crippen LogP contribution in [0.3, 0.4) is 0 Å². The molecular formula is C29H24FN11. The summed E-state index contributed by atoms with van der Waals surface area (Å²) in [4.78, 5) is 23.4. The molecule has 1 aromatic carbocycles. The number of pyridine rings is 2. The molecule has 11 nitrogen and oxygen atoms in total. The van der Waals surface area contributed by atoms with Crippen LogP contribution in [0.15, 0.2) is 60.9 Å². The molecule has 4 aromatic heterocycles. The third-order valence-corrected chi connectivity index (χ3v) is 7.08. The summed E-state index contributed by atoms with van der Waals surface area (Å²) >= 11 is 0. The molecule has 1 aliphatic rings. The first-order chi connectivity index (χ1) is 20.0. The Bertz CT molecular complexity index is 1810. The zero-order valence-corrected chi connectivity index (χ0v) is 21.9. The smallest absolute Gasteiger partial charge is 0.234 e. The van der Waals surface area contributed by atoms with Gasteiger partial charge in [0.1, 0.15) is 34.9 Å². The number of nitrogens with two attached hydrogens (primary N) is 1. The molecule has 1 aliphatic heterocycles. The highest BCUT2D eigenvalue weighted by Gasteiger charge is 2.22. The van der Waals surface area contributed by atoms with Crippen LogP contribution in [0.1, 0.15) is 29.8 Å². The molecular weight excluding hydrogens is 521 g/mol. The van der Waals surface area contributed by atoms with Crippen LogP contribution in [0.2, 0.25) is 0 Å². The summed E-state index contributed by atoms with van der Waals surface area (Å²) in [7, 11) is 0. The van der Waals surface area contributed by atoms with Gasteiger partial charge in [0, 0.05) is 43.8 Å². The van der Waals surface area contributed by atoms with Crippen molar-refractivity contribution in [2.24, 2.45) is 0 Å². The highest BCUT2D eigenvalue weighted by molar-refractivity contribution is 5.83. The SMILES string of the molecule is N#Cc1nccc(NC2CCN(Cc3ccc(-n4c(-c5cccnc5N)nc5cc(C#N)c(F)nc54)cc3)CC2)n1. The highest BCUT2D eigenvalue weighted by Crippen LogP contribution is 2.31. The lowest BCUT2D eigenvalue weighted by atomic mass is 10.0. The Balaban J connectivity index is 1.21. The third-order valence-electron chi connectivity index (χ3n) is 7.08. The van der Waals surface area contributed by atoms with E-state index in [4.69, 9.17) is 11.0 Å². The van der Waals surface area contributed by atoms with Gasteiger partial charge in [0.15, 0.2) is 11.5 Å². The molecule has 3 N–H and O–H groups in total. The summed E-state index contributed by atoms with van der Waals surface area (Å²) in [5.41, 5.74) is 9.10. The zero-order valence-electron chi connectivity index (χ0n) is 21.9. The molecule has 0 spiro atoms. The Morgan fingerprint density at radius 1 is 0.976 bits per heavy atom. The van der Waals surface area contributed by atoms with Crippen molar-refractivity contribution < 1.29 is 4.39 Å². The van der Waals surface area contributed by atoms with Gasteiger partial charge >= 0.3 is 0 Å². The quantitative estimate of drug-likeness (QED) is 0.300. The second kappa shape index (κ2) is 11.0. The minimum Gasteiger partial charge on any atom is -0.383 e. The summed E-state index contributed by atoms with van der Waals surface area (Å²) in [6.45, 7) is 2.61. The maximum absolute atomic E-state index is 14.6. The lowest BCUT2D eigenvalue weighted by Crippen LogP contribution is -2.38. The van der Waals surface area contributed by atoms with E-state index in [0.29, 0.717) is 22.7 Å². The van der Waals surface area contributed by atoms with E-state index < -0.39 is 5.95 Å². The number of imidazole rings is 1. The Morgan fingerprint density at radius 2 is 1.78 bits per heavy atom. The molecule has 5 heterocycles. The van der Waals surface area contributed by atoms with Gasteiger partial charge < -0.3 is 11.1 Å². The summed E-state index contributed by atoms with van der Waals surface area (Å²) in [5.74, 6) is 0.712. The minimum absolute atomic E-state index is 0.156. The highest BCUT2D eigenvalue weighted by atomic mass is 19.1. The van der Waals surface area contributed by atoms with Gasteiger partial charge in [-0.25, -0.2) is 19.9 Å². The van der Waals surface area contributed by atoms with Crippen molar-refractivity contribution in [2.45, 2.75) is 25.4 Å². The number of halogens is 1. The number of nitrogens with zero attached hydrogens (tertiary/aromatic N) is 9. The van der Waals surface area contributed by atoms with Gasteiger partial charge in [-0.2, -0.15) is 19.9 Å². The predicted molar refractivity (Wildman–Crippen MR) is 150 cm³/mol. The van der Waals surface area contributed by atoms with Gasteiger partial charge in [0.2, 0.25) is 11.8 Å². The van der Waals surface area contributed by atoms with Gasteiger partial charge in [0.25, 0.3) is 0 Å². The van der Waals surface area contributed by atoms with Crippen LogP contribution in [0, 0.1) is 28.6 Å². The van der Waals surface area contributed by atoms with Crippen LogP contribution in [0.5, 0.6) is 0 Å². The molecule has 12 heteroatoms. The van der Waals surface area contributed by atoms with E-state index in [1.54, 1.807) is 35.2 Å². The first kappa shape index (κ1) is 25.8. The molecule has 1 saturated heterocycles. The van der Waals surface area contributed by atoms with Crippen LogP contribution in [0.4, 0.5) is 16.0 Å². The normalized spacial score (nSPS) is 14.0. The van der Waals surface area contributed by atoms with Crippen molar-refractivity contribution >= 4 is 22.8 Å². The fourth-order valence-electron chi connectivity index (χ4n) is 5.04. The van der Waals surface area contributed by atoms with Crippen molar-refractivity contribution in [3.63, 3.8) is 0 Å². The monoisotopic (exact) mass is 545 g/mol. The van der Waals surface area contributed by atoms with E-state index in [0.717, 1.165) is 43.7 Å². The standard InChI is InChI=1S/C29H24FN11/c30-26-19(15-31)14-23-29(39-26)41(28(37-23)22-2-1-10-35-27(22)33)21-5-3-18(4-6-21)17-40-12-8-20(9-13-40)36-24-7-11-34-25(16-32)38-24/h1-7,10-11,14,20H,8-9,12-13,17H2,(H2,33,35)(H,34,36,38). The Kier molecular flexibility index (Phi) is 6.90. The summed E-state index contributed by atoms with van der Waals surface area (Å²) in [5, 5.41) is 21.7. The van der Waals surface area contributed by atoms with Gasteiger partial charge in [-0.3, -0.25) is 9.47 Å².